The molecule has 35 heavy (non-hydrogen) atoms. The van der Waals surface area contributed by atoms with Gasteiger partial charge in [-0.1, -0.05) is 60.7 Å². The Morgan fingerprint density at radius 3 is 2.23 bits per heavy atom. The summed E-state index contributed by atoms with van der Waals surface area (Å²) in [6.45, 7) is 1.61. The number of nitrogens with zero attached hydrogens (tertiary/aromatic N) is 1. The number of carbonyl (C=O) groups excluding carboxylic acids is 3. The van der Waals surface area contributed by atoms with Crippen LogP contribution in [0.25, 0.3) is 0 Å². The molecule has 1 saturated heterocycles. The highest BCUT2D eigenvalue weighted by molar-refractivity contribution is 8.00. The Morgan fingerprint density at radius 1 is 1.09 bits per heavy atom. The third kappa shape index (κ3) is 4.67. The number of amides is 1. The highest BCUT2D eigenvalue weighted by Crippen LogP contribution is 2.41. The van der Waals surface area contributed by atoms with E-state index in [1.165, 1.54) is 22.7 Å². The maximum Gasteiger partial charge on any atom is 0.359 e. The Labute approximate surface area is 212 Å². The summed E-state index contributed by atoms with van der Waals surface area (Å²) in [6, 6.07) is 18.0. The zero-order valence-corrected chi connectivity index (χ0v) is 20.3. The number of nitrogens with two attached hydrogens (primary N) is 1. The van der Waals surface area contributed by atoms with Gasteiger partial charge in [0.1, 0.15) is 17.2 Å². The van der Waals surface area contributed by atoms with Gasteiger partial charge in [-0.05, 0) is 18.1 Å². The summed E-state index contributed by atoms with van der Waals surface area (Å²) in [6.07, 6.45) is -0.158. The molecule has 0 radical (unpaired) electrons. The highest BCUT2D eigenvalue weighted by atomic mass is 35.5. The van der Waals surface area contributed by atoms with Crippen LogP contribution in [0.15, 0.2) is 83.8 Å². The molecule has 0 aliphatic carbocycles. The lowest BCUT2D eigenvalue weighted by Crippen LogP contribution is -2.68. The van der Waals surface area contributed by atoms with Crippen LogP contribution in [-0.4, -0.2) is 46.2 Å². The van der Waals surface area contributed by atoms with Crippen LogP contribution in [0.4, 0.5) is 0 Å². The van der Waals surface area contributed by atoms with Crippen LogP contribution in [0.3, 0.4) is 0 Å². The molecule has 1 amide bonds. The normalized spacial score (nSPS) is 23.1. The fourth-order valence-corrected chi connectivity index (χ4v) is 5.23. The Kier molecular flexibility index (Phi) is 7.20. The summed E-state index contributed by atoms with van der Waals surface area (Å²) in [7, 11) is 0. The number of thioether (sulfide) groups is 1. The van der Waals surface area contributed by atoms with Crippen LogP contribution < -0.4 is 5.73 Å². The number of cyclic esters (lactones) is 1. The van der Waals surface area contributed by atoms with Crippen LogP contribution in [0, 0.1) is 0 Å². The molecule has 3 aliphatic heterocycles. The number of rotatable bonds is 6. The van der Waals surface area contributed by atoms with E-state index < -0.39 is 41.7 Å². The lowest BCUT2D eigenvalue weighted by Gasteiger charge is -2.48. The number of halogens is 1. The smallest absolute Gasteiger partial charge is 0.359 e. The number of hydrogen-bond donors (Lipinski definition) is 1. The summed E-state index contributed by atoms with van der Waals surface area (Å²) < 4.78 is 17.0. The Hall–Kier alpha value is -3.27. The van der Waals surface area contributed by atoms with Crippen molar-refractivity contribution in [2.24, 2.45) is 5.73 Å². The van der Waals surface area contributed by atoms with E-state index in [-0.39, 0.29) is 29.6 Å². The lowest BCUT2D eigenvalue weighted by molar-refractivity contribution is -0.157. The van der Waals surface area contributed by atoms with Crippen molar-refractivity contribution in [2.45, 2.75) is 30.7 Å². The summed E-state index contributed by atoms with van der Waals surface area (Å²) in [5.74, 6) is -1.13. The van der Waals surface area contributed by atoms with Crippen LogP contribution in [0.1, 0.15) is 24.2 Å². The second-order valence-corrected chi connectivity index (χ2v) is 9.16. The summed E-state index contributed by atoms with van der Waals surface area (Å²) >= 11 is 1.38. The SMILES string of the molecule is CC1=CC(OC2=C(C(=O)OC(c3ccccc3)c3ccccc3)N3C(=O)[C@@H](N)[C@@H]3SC2)OC1=O.Cl. The first-order valence-corrected chi connectivity index (χ1v) is 11.8. The minimum Gasteiger partial charge on any atom is -0.452 e. The molecule has 2 aromatic carbocycles. The van der Waals surface area contributed by atoms with E-state index in [4.69, 9.17) is 19.9 Å². The van der Waals surface area contributed by atoms with Crippen molar-refractivity contribution >= 4 is 42.0 Å². The van der Waals surface area contributed by atoms with E-state index in [2.05, 4.69) is 0 Å². The summed E-state index contributed by atoms with van der Waals surface area (Å²) in [5, 5.41) is -0.391. The van der Waals surface area contributed by atoms with Gasteiger partial charge >= 0.3 is 11.9 Å². The van der Waals surface area contributed by atoms with Crippen molar-refractivity contribution in [3.8, 4) is 0 Å². The molecule has 5 rings (SSSR count). The van der Waals surface area contributed by atoms with E-state index >= 15 is 0 Å². The third-order valence-corrected chi connectivity index (χ3v) is 7.06. The molecule has 2 N–H and O–H groups in total. The molecule has 1 unspecified atom stereocenters. The van der Waals surface area contributed by atoms with Gasteiger partial charge in [0, 0.05) is 11.6 Å². The van der Waals surface area contributed by atoms with E-state index in [0.717, 1.165) is 11.1 Å². The van der Waals surface area contributed by atoms with Gasteiger partial charge in [0.15, 0.2) is 11.8 Å². The van der Waals surface area contributed by atoms with Crippen LogP contribution in [-0.2, 0) is 28.6 Å². The van der Waals surface area contributed by atoms with Gasteiger partial charge < -0.3 is 19.9 Å². The van der Waals surface area contributed by atoms with E-state index in [1.807, 2.05) is 60.7 Å². The van der Waals surface area contributed by atoms with E-state index in [9.17, 15) is 14.4 Å². The molecule has 182 valence electrons. The van der Waals surface area contributed by atoms with Gasteiger partial charge in [0.05, 0.1) is 5.75 Å². The number of fused-ring (bicyclic) bond motifs is 1. The van der Waals surface area contributed by atoms with E-state index in [1.54, 1.807) is 6.92 Å². The predicted molar refractivity (Wildman–Crippen MR) is 131 cm³/mol. The first-order valence-electron chi connectivity index (χ1n) is 10.7. The minimum atomic E-state index is -0.980. The van der Waals surface area contributed by atoms with Crippen molar-refractivity contribution in [2.75, 3.05) is 5.75 Å². The minimum absolute atomic E-state index is 0. The van der Waals surface area contributed by atoms with Crippen molar-refractivity contribution in [1.29, 1.82) is 0 Å². The number of β-lactam (4-membered cyclic amide) rings is 1. The fourth-order valence-electron chi connectivity index (χ4n) is 4.02. The number of carbonyl (C=O) groups is 3. The monoisotopic (exact) mass is 514 g/mol. The molecule has 3 aliphatic rings. The average Bonchev–Trinajstić information content (AvgIpc) is 3.18. The molecule has 3 heterocycles. The van der Waals surface area contributed by atoms with Gasteiger partial charge in [-0.2, -0.15) is 0 Å². The highest BCUT2D eigenvalue weighted by Gasteiger charge is 2.53. The standard InChI is InChI=1S/C25H22N2O6S.ClH/c1-14-12-18(32-24(14)29)31-17-13-34-23-19(26)22(28)27(23)20(17)25(30)33-21(15-8-4-2-5-9-15)16-10-6-3-7-11-16;/h2-12,18-19,21,23H,13,26H2,1H3;1H/t18?,19-,23+;/m1./s1. The van der Waals surface area contributed by atoms with Gasteiger partial charge in [-0.3, -0.25) is 9.69 Å². The zero-order chi connectivity index (χ0) is 23.8. The molecule has 3 atom stereocenters. The summed E-state index contributed by atoms with van der Waals surface area (Å²) in [4.78, 5) is 39.3. The van der Waals surface area contributed by atoms with Crippen LogP contribution in [0.5, 0.6) is 0 Å². The molecule has 2 aromatic rings. The van der Waals surface area contributed by atoms with Crippen molar-refractivity contribution < 1.29 is 28.6 Å². The van der Waals surface area contributed by atoms with Crippen LogP contribution in [0.2, 0.25) is 0 Å². The second-order valence-electron chi connectivity index (χ2n) is 8.06. The number of hydrogen-bond acceptors (Lipinski definition) is 8. The maximum atomic E-state index is 13.6. The zero-order valence-electron chi connectivity index (χ0n) is 18.7. The quantitative estimate of drug-likeness (QED) is 0.463. The van der Waals surface area contributed by atoms with E-state index in [0.29, 0.717) is 5.57 Å². The molecular formula is C25H23ClN2O6S. The van der Waals surface area contributed by atoms with Gasteiger partial charge in [0.2, 0.25) is 5.91 Å². The van der Waals surface area contributed by atoms with Crippen LogP contribution >= 0.6 is 24.2 Å². The maximum absolute atomic E-state index is 13.6. The molecular weight excluding hydrogens is 492 g/mol. The van der Waals surface area contributed by atoms with Gasteiger partial charge in [-0.15, -0.1) is 24.2 Å². The van der Waals surface area contributed by atoms with Crippen molar-refractivity contribution in [1.82, 2.24) is 4.90 Å². The molecule has 0 aromatic heterocycles. The third-order valence-electron chi connectivity index (χ3n) is 5.79. The van der Waals surface area contributed by atoms with Crippen molar-refractivity contribution in [3.63, 3.8) is 0 Å². The molecule has 0 spiro atoms. The predicted octanol–water partition coefficient (Wildman–Crippen LogP) is 3.04. The second kappa shape index (κ2) is 10.2. The Morgan fingerprint density at radius 2 is 1.69 bits per heavy atom. The van der Waals surface area contributed by atoms with Gasteiger partial charge in [0.25, 0.3) is 6.29 Å². The fraction of sp³-hybridized carbons (Fsp3) is 0.240. The first kappa shape index (κ1) is 24.8. The molecule has 8 nitrogen and oxygen atoms in total. The Balaban J connectivity index is 0.00000289. The average molecular weight is 515 g/mol. The number of ether oxygens (including phenoxy) is 3. The topological polar surface area (TPSA) is 108 Å². The molecule has 10 heteroatoms. The molecule has 1 fully saturated rings. The van der Waals surface area contributed by atoms with Gasteiger partial charge in [-0.25, -0.2) is 9.59 Å². The number of esters is 2. The molecule has 0 bridgehead atoms. The first-order chi connectivity index (χ1) is 16.4. The summed E-state index contributed by atoms with van der Waals surface area (Å²) in [5.41, 5.74) is 7.92. The largest absolute Gasteiger partial charge is 0.452 e. The lowest BCUT2D eigenvalue weighted by atomic mass is 10.0. The number of benzene rings is 2. The Bertz CT molecular complexity index is 1160. The molecule has 0 saturated carbocycles. The van der Waals surface area contributed by atoms with Crippen molar-refractivity contribution in [3.05, 3.63) is 94.9 Å².